The molecule has 32 heavy (non-hydrogen) atoms. The van der Waals surface area contributed by atoms with Crippen molar-refractivity contribution in [2.45, 2.75) is 10.6 Å². The number of nitrogens with one attached hydrogen (secondary N) is 3. The third-order valence-corrected chi connectivity index (χ3v) is 7.11. The Morgan fingerprint density at radius 1 is 1.06 bits per heavy atom. The van der Waals surface area contributed by atoms with Crippen LogP contribution in [-0.2, 0) is 11.2 Å². The maximum absolute atomic E-state index is 13.0. The van der Waals surface area contributed by atoms with Crippen molar-refractivity contribution in [1.29, 1.82) is 0 Å². The molecule has 0 fully saturated rings. The van der Waals surface area contributed by atoms with Crippen molar-refractivity contribution in [1.82, 2.24) is 4.72 Å². The molecule has 0 radical (unpaired) electrons. The van der Waals surface area contributed by atoms with Gasteiger partial charge in [-0.2, -0.15) is 0 Å². The maximum Gasteiger partial charge on any atom is 0.329 e. The van der Waals surface area contributed by atoms with E-state index in [4.69, 9.17) is 23.2 Å². The minimum absolute atomic E-state index is 0.0826. The van der Waals surface area contributed by atoms with Crippen molar-refractivity contribution in [2.24, 2.45) is 0 Å². The van der Waals surface area contributed by atoms with Crippen LogP contribution in [0.5, 0.6) is 0 Å². The number of imide groups is 1. The molecular weight excluding hydrogens is 491 g/mol. The fraction of sp³-hybridized carbons (Fsp3) is 0.0952. The van der Waals surface area contributed by atoms with Crippen molar-refractivity contribution < 1.29 is 14.4 Å². The van der Waals surface area contributed by atoms with Crippen LogP contribution in [0.15, 0.2) is 52.7 Å². The lowest BCUT2D eigenvalue weighted by atomic mass is 9.97. The van der Waals surface area contributed by atoms with Crippen molar-refractivity contribution in [3.63, 3.8) is 0 Å². The number of hydrogen-bond acceptors (Lipinski definition) is 6. The highest BCUT2D eigenvalue weighted by Gasteiger charge is 2.33. The Morgan fingerprint density at radius 3 is 2.53 bits per heavy atom. The van der Waals surface area contributed by atoms with Crippen LogP contribution in [0.2, 0.25) is 9.36 Å². The molecule has 0 saturated heterocycles. The monoisotopic (exact) mass is 506 g/mol. The van der Waals surface area contributed by atoms with Gasteiger partial charge >= 0.3 is 6.03 Å². The molecule has 164 valence electrons. The molecule has 0 spiro atoms. The lowest BCUT2D eigenvalue weighted by molar-refractivity contribution is -0.117. The van der Waals surface area contributed by atoms with Gasteiger partial charge in [-0.3, -0.25) is 14.3 Å². The van der Waals surface area contributed by atoms with Crippen LogP contribution in [0.3, 0.4) is 0 Å². The predicted octanol–water partition coefficient (Wildman–Crippen LogP) is 5.65. The zero-order chi connectivity index (χ0) is 22.8. The second kappa shape index (κ2) is 9.41. The molecule has 4 amide bonds. The van der Waals surface area contributed by atoms with Crippen LogP contribution in [0.1, 0.15) is 15.9 Å². The highest BCUT2D eigenvalue weighted by atomic mass is 35.5. The van der Waals surface area contributed by atoms with E-state index < -0.39 is 11.9 Å². The summed E-state index contributed by atoms with van der Waals surface area (Å²) in [7, 11) is 1.77. The highest BCUT2D eigenvalue weighted by Crippen LogP contribution is 2.34. The first-order valence-electron chi connectivity index (χ1n) is 9.32. The number of hydrogen-bond donors (Lipinski definition) is 3. The van der Waals surface area contributed by atoms with E-state index >= 15 is 0 Å². The number of carbonyl (C=O) groups excluding carboxylic acids is 3. The first-order chi connectivity index (χ1) is 15.4. The fourth-order valence-electron chi connectivity index (χ4n) is 3.20. The van der Waals surface area contributed by atoms with Gasteiger partial charge in [-0.1, -0.05) is 23.2 Å². The molecule has 0 bridgehead atoms. The number of thiophene rings is 1. The molecule has 1 aliphatic heterocycles. The number of halogens is 2. The number of carbonyl (C=O) groups is 3. The Morgan fingerprint density at radius 2 is 1.84 bits per heavy atom. The summed E-state index contributed by atoms with van der Waals surface area (Å²) in [5.41, 5.74) is 2.62. The Hall–Kier alpha value is -2.72. The zero-order valence-electron chi connectivity index (χ0n) is 16.6. The molecule has 1 aliphatic rings. The molecule has 4 rings (SSSR count). The van der Waals surface area contributed by atoms with Gasteiger partial charge in [0.05, 0.1) is 25.7 Å². The van der Waals surface area contributed by atoms with Crippen LogP contribution in [-0.4, -0.2) is 24.9 Å². The first-order valence-corrected chi connectivity index (χ1v) is 11.7. The fourth-order valence-corrected chi connectivity index (χ4v) is 5.32. The van der Waals surface area contributed by atoms with Crippen molar-refractivity contribution >= 4 is 81.4 Å². The van der Waals surface area contributed by atoms with Gasteiger partial charge in [0, 0.05) is 24.0 Å². The number of amides is 4. The van der Waals surface area contributed by atoms with E-state index in [1.54, 1.807) is 43.4 Å². The standard InChI is InChI=1S/C21H16Cl2N4O3S2/c1-24-12-2-4-14-11(8-12)9-18(28)27(20(14)29)16-5-3-13(10-15(16)22)25-21(30)26-32-19-7-6-17(23)31-19/h2-8,10,24H,9H2,1H3,(H2,25,26,30). The second-order valence-corrected chi connectivity index (χ2v) is 9.94. The van der Waals surface area contributed by atoms with Crippen LogP contribution < -0.4 is 20.3 Å². The van der Waals surface area contributed by atoms with E-state index in [0.29, 0.717) is 21.2 Å². The number of fused-ring (bicyclic) bond motifs is 1. The van der Waals surface area contributed by atoms with Crippen LogP contribution in [0, 0.1) is 0 Å². The molecule has 0 atom stereocenters. The number of benzene rings is 2. The highest BCUT2D eigenvalue weighted by molar-refractivity contribution is 7.99. The van der Waals surface area contributed by atoms with Crippen LogP contribution in [0.25, 0.3) is 0 Å². The predicted molar refractivity (Wildman–Crippen MR) is 130 cm³/mol. The lowest BCUT2D eigenvalue weighted by Gasteiger charge is -2.28. The molecule has 3 N–H and O–H groups in total. The minimum Gasteiger partial charge on any atom is -0.388 e. The third-order valence-electron chi connectivity index (χ3n) is 4.66. The maximum atomic E-state index is 13.0. The van der Waals surface area contributed by atoms with E-state index in [1.165, 1.54) is 23.5 Å². The molecule has 0 unspecified atom stereocenters. The summed E-state index contributed by atoms with van der Waals surface area (Å²) >= 11 is 14.7. The van der Waals surface area contributed by atoms with Crippen LogP contribution in [0.4, 0.5) is 21.9 Å². The van der Waals surface area contributed by atoms with Gasteiger partial charge in [-0.25, -0.2) is 9.69 Å². The summed E-state index contributed by atoms with van der Waals surface area (Å²) in [6, 6.07) is 12.9. The number of nitrogens with zero attached hydrogens (tertiary/aromatic N) is 1. The van der Waals surface area contributed by atoms with E-state index in [2.05, 4.69) is 15.4 Å². The van der Waals surface area contributed by atoms with Gasteiger partial charge < -0.3 is 10.6 Å². The van der Waals surface area contributed by atoms with Gasteiger partial charge in [0.15, 0.2) is 0 Å². The zero-order valence-corrected chi connectivity index (χ0v) is 19.7. The summed E-state index contributed by atoms with van der Waals surface area (Å²) in [4.78, 5) is 39.0. The Kier molecular flexibility index (Phi) is 6.61. The second-order valence-electron chi connectivity index (χ2n) is 6.72. The summed E-state index contributed by atoms with van der Waals surface area (Å²) in [5.74, 6) is -0.813. The molecule has 3 aromatic rings. The van der Waals surface area contributed by atoms with Crippen LogP contribution >= 0.6 is 46.5 Å². The summed E-state index contributed by atoms with van der Waals surface area (Å²) in [6.07, 6.45) is 0.0826. The van der Waals surface area contributed by atoms with Gasteiger partial charge in [-0.05, 0) is 66.0 Å². The van der Waals surface area contributed by atoms with Gasteiger partial charge in [0.2, 0.25) is 5.91 Å². The summed E-state index contributed by atoms with van der Waals surface area (Å²) in [6.45, 7) is 0. The molecule has 0 saturated carbocycles. The van der Waals surface area contributed by atoms with Crippen molar-refractivity contribution in [3.8, 4) is 0 Å². The lowest BCUT2D eigenvalue weighted by Crippen LogP contribution is -2.42. The van der Waals surface area contributed by atoms with E-state index in [0.717, 1.165) is 26.7 Å². The molecule has 1 aromatic heterocycles. The number of urea groups is 1. The average molecular weight is 507 g/mol. The van der Waals surface area contributed by atoms with Crippen molar-refractivity contribution in [3.05, 3.63) is 69.0 Å². The third kappa shape index (κ3) is 4.71. The molecule has 7 nitrogen and oxygen atoms in total. The minimum atomic E-state index is -0.456. The van der Waals surface area contributed by atoms with Crippen molar-refractivity contribution in [2.75, 3.05) is 22.6 Å². The molecular formula is C21H16Cl2N4O3S2. The number of rotatable bonds is 5. The van der Waals surface area contributed by atoms with E-state index in [1.807, 2.05) is 0 Å². The van der Waals surface area contributed by atoms with E-state index in [9.17, 15) is 14.4 Å². The summed E-state index contributed by atoms with van der Waals surface area (Å²) < 4.78 is 4.11. The normalized spacial score (nSPS) is 13.0. The Labute approximate surface area is 202 Å². The molecule has 11 heteroatoms. The van der Waals surface area contributed by atoms with E-state index in [-0.39, 0.29) is 23.0 Å². The SMILES string of the molecule is CNc1ccc2c(c1)CC(=O)N(c1ccc(NC(=O)NSc3ccc(Cl)s3)cc1Cl)C2=O. The molecule has 2 aromatic carbocycles. The smallest absolute Gasteiger partial charge is 0.329 e. The largest absolute Gasteiger partial charge is 0.388 e. The van der Waals surface area contributed by atoms with Gasteiger partial charge in [0.1, 0.15) is 0 Å². The number of anilines is 3. The molecule has 2 heterocycles. The quantitative estimate of drug-likeness (QED) is 0.307. The van der Waals surface area contributed by atoms with Gasteiger partial charge in [-0.15, -0.1) is 11.3 Å². The first kappa shape index (κ1) is 22.5. The Bertz CT molecular complexity index is 1230. The average Bonchev–Trinajstić information content (AvgIpc) is 3.18. The molecule has 0 aliphatic carbocycles. The van der Waals surface area contributed by atoms with Gasteiger partial charge in [0.25, 0.3) is 5.91 Å². The Balaban J connectivity index is 1.48. The topological polar surface area (TPSA) is 90.5 Å². The summed E-state index contributed by atoms with van der Waals surface area (Å²) in [5, 5.41) is 5.82.